The van der Waals surface area contributed by atoms with Gasteiger partial charge in [-0.3, -0.25) is 0 Å². The normalized spacial score (nSPS) is 17.4. The molecule has 0 bridgehead atoms. The van der Waals surface area contributed by atoms with Crippen LogP contribution in [0.2, 0.25) is 0 Å². The molecule has 5 rings (SSSR count). The number of benzene rings is 1. The third-order valence-corrected chi connectivity index (χ3v) is 5.86. The van der Waals surface area contributed by atoms with E-state index in [4.69, 9.17) is 15.0 Å². The molecule has 0 spiro atoms. The molecule has 0 aliphatic carbocycles. The largest absolute Gasteiger partial charge is 0.366 e. The minimum atomic E-state index is 0.255. The predicted molar refractivity (Wildman–Crippen MR) is 128 cm³/mol. The van der Waals surface area contributed by atoms with Gasteiger partial charge in [0.2, 0.25) is 0 Å². The Morgan fingerprint density at radius 3 is 2.61 bits per heavy atom. The van der Waals surface area contributed by atoms with Crippen molar-refractivity contribution in [2.75, 3.05) is 11.9 Å². The quantitative estimate of drug-likeness (QED) is 0.635. The van der Waals surface area contributed by atoms with Crippen LogP contribution in [0.1, 0.15) is 37.5 Å². The molecule has 0 saturated carbocycles. The van der Waals surface area contributed by atoms with Gasteiger partial charge >= 0.3 is 0 Å². The van der Waals surface area contributed by atoms with Crippen molar-refractivity contribution >= 4 is 22.9 Å². The molecule has 2 aliphatic heterocycles. The van der Waals surface area contributed by atoms with E-state index < -0.39 is 0 Å². The lowest BCUT2D eigenvalue weighted by Crippen LogP contribution is -2.42. The van der Waals surface area contributed by atoms with E-state index in [1.54, 1.807) is 0 Å². The van der Waals surface area contributed by atoms with Gasteiger partial charge in [0.1, 0.15) is 5.82 Å². The summed E-state index contributed by atoms with van der Waals surface area (Å²) in [7, 11) is 0. The van der Waals surface area contributed by atoms with E-state index in [1.165, 1.54) is 16.7 Å². The van der Waals surface area contributed by atoms with Gasteiger partial charge in [-0.25, -0.2) is 15.0 Å². The van der Waals surface area contributed by atoms with E-state index in [-0.39, 0.29) is 6.04 Å². The fourth-order valence-electron chi connectivity index (χ4n) is 4.33. The molecular weight excluding hydrogens is 382 g/mol. The minimum absolute atomic E-state index is 0.255. The van der Waals surface area contributed by atoms with Crippen LogP contribution in [-0.4, -0.2) is 34.3 Å². The average molecular weight is 410 g/mol. The summed E-state index contributed by atoms with van der Waals surface area (Å²) in [4.78, 5) is 14.2. The molecule has 1 aromatic carbocycles. The zero-order valence-corrected chi connectivity index (χ0v) is 18.2. The molecule has 2 aromatic heterocycles. The lowest BCUT2D eigenvalue weighted by atomic mass is 9.92. The smallest absolute Gasteiger partial charge is 0.155 e. The number of nitrogens with zero attached hydrogens (tertiary/aromatic N) is 3. The van der Waals surface area contributed by atoms with Crippen LogP contribution in [0.15, 0.2) is 65.9 Å². The van der Waals surface area contributed by atoms with E-state index in [0.29, 0.717) is 6.04 Å². The third kappa shape index (κ3) is 3.89. The first-order valence-electron chi connectivity index (χ1n) is 10.9. The molecule has 0 radical (unpaired) electrons. The Kier molecular flexibility index (Phi) is 5.12. The summed E-state index contributed by atoms with van der Waals surface area (Å²) >= 11 is 0. The standard InChI is InChI=1S/C26H27N5/c1-16(2)30-24-13-19-11-21(15-28-25(19)31-17(24)3)22-9-10-27-26-23(22)12-20(14-29-26)18-7-5-4-6-8-18/h4-9,11-12,14-16,24,30H,10,13H2,1-3H3,(H,27,29). The van der Waals surface area contributed by atoms with E-state index >= 15 is 0 Å². The molecule has 0 amide bonds. The highest BCUT2D eigenvalue weighted by atomic mass is 15.0. The second kappa shape index (κ2) is 8.08. The maximum atomic E-state index is 4.76. The zero-order valence-electron chi connectivity index (χ0n) is 18.2. The first kappa shape index (κ1) is 19.6. The lowest BCUT2D eigenvalue weighted by molar-refractivity contribution is 0.534. The molecule has 1 unspecified atom stereocenters. The maximum absolute atomic E-state index is 4.76. The summed E-state index contributed by atoms with van der Waals surface area (Å²) < 4.78 is 0. The number of anilines is 1. The number of hydrogen-bond acceptors (Lipinski definition) is 5. The van der Waals surface area contributed by atoms with Crippen LogP contribution in [-0.2, 0) is 6.42 Å². The summed E-state index contributed by atoms with van der Waals surface area (Å²) in [6.07, 6.45) is 7.02. The van der Waals surface area contributed by atoms with Crippen LogP contribution in [0.4, 0.5) is 11.6 Å². The van der Waals surface area contributed by atoms with Gasteiger partial charge in [-0.2, -0.15) is 0 Å². The molecule has 0 saturated heterocycles. The summed E-state index contributed by atoms with van der Waals surface area (Å²) in [6, 6.07) is 15.5. The van der Waals surface area contributed by atoms with Crippen molar-refractivity contribution in [2.24, 2.45) is 4.99 Å². The summed E-state index contributed by atoms with van der Waals surface area (Å²) in [6.45, 7) is 7.18. The van der Waals surface area contributed by atoms with Crippen LogP contribution in [0.3, 0.4) is 0 Å². The third-order valence-electron chi connectivity index (χ3n) is 5.86. The summed E-state index contributed by atoms with van der Waals surface area (Å²) in [5.74, 6) is 1.76. The highest BCUT2D eigenvalue weighted by Gasteiger charge is 2.23. The van der Waals surface area contributed by atoms with Gasteiger partial charge in [-0.1, -0.05) is 50.3 Å². The van der Waals surface area contributed by atoms with Gasteiger partial charge in [-0.15, -0.1) is 0 Å². The Morgan fingerprint density at radius 2 is 1.81 bits per heavy atom. The van der Waals surface area contributed by atoms with Crippen LogP contribution in [0.25, 0.3) is 16.7 Å². The van der Waals surface area contributed by atoms with Crippen molar-refractivity contribution in [1.29, 1.82) is 0 Å². The van der Waals surface area contributed by atoms with Crippen molar-refractivity contribution in [3.63, 3.8) is 0 Å². The number of pyridine rings is 2. The van der Waals surface area contributed by atoms with Gasteiger partial charge in [0.15, 0.2) is 5.82 Å². The second-order valence-corrected chi connectivity index (χ2v) is 8.52. The number of rotatable bonds is 4. The summed E-state index contributed by atoms with van der Waals surface area (Å²) in [5.41, 5.74) is 7.97. The van der Waals surface area contributed by atoms with Gasteiger partial charge in [0.05, 0.1) is 0 Å². The van der Waals surface area contributed by atoms with Crippen molar-refractivity contribution in [2.45, 2.75) is 39.3 Å². The van der Waals surface area contributed by atoms with Crippen LogP contribution < -0.4 is 10.6 Å². The molecular formula is C26H27N5. The van der Waals surface area contributed by atoms with Gasteiger partial charge in [0.25, 0.3) is 0 Å². The van der Waals surface area contributed by atoms with Crippen molar-refractivity contribution < 1.29 is 0 Å². The molecule has 3 aromatic rings. The van der Waals surface area contributed by atoms with Gasteiger partial charge in [0, 0.05) is 53.4 Å². The number of aliphatic imine (C=N–C) groups is 1. The molecule has 5 heteroatoms. The first-order chi connectivity index (χ1) is 15.1. The lowest BCUT2D eigenvalue weighted by Gasteiger charge is -2.26. The fourth-order valence-corrected chi connectivity index (χ4v) is 4.33. The number of fused-ring (bicyclic) bond motifs is 2. The molecule has 0 fully saturated rings. The minimum Gasteiger partial charge on any atom is -0.366 e. The molecule has 156 valence electrons. The molecule has 2 N–H and O–H groups in total. The predicted octanol–water partition coefficient (Wildman–Crippen LogP) is 5.02. The Morgan fingerprint density at radius 1 is 1.00 bits per heavy atom. The zero-order chi connectivity index (χ0) is 21.4. The van der Waals surface area contributed by atoms with Gasteiger partial charge < -0.3 is 10.6 Å². The Labute approximate surface area is 183 Å². The van der Waals surface area contributed by atoms with Crippen LogP contribution >= 0.6 is 0 Å². The Hall–Kier alpha value is -3.31. The molecule has 31 heavy (non-hydrogen) atoms. The molecule has 5 nitrogen and oxygen atoms in total. The number of nitrogens with one attached hydrogen (secondary N) is 2. The van der Waals surface area contributed by atoms with Crippen molar-refractivity contribution in [3.05, 3.63) is 77.6 Å². The highest BCUT2D eigenvalue weighted by molar-refractivity contribution is 5.92. The van der Waals surface area contributed by atoms with Crippen molar-refractivity contribution in [1.82, 2.24) is 15.3 Å². The maximum Gasteiger partial charge on any atom is 0.155 e. The second-order valence-electron chi connectivity index (χ2n) is 8.52. The van der Waals surface area contributed by atoms with Crippen LogP contribution in [0, 0.1) is 0 Å². The SMILES string of the molecule is CC1=Nc2ncc(C3=CCNc4ncc(-c5ccccc5)cc43)cc2CC1NC(C)C. The van der Waals surface area contributed by atoms with E-state index in [9.17, 15) is 0 Å². The first-order valence-corrected chi connectivity index (χ1v) is 10.9. The Bertz CT molecular complexity index is 1180. The average Bonchev–Trinajstić information content (AvgIpc) is 2.79. The topological polar surface area (TPSA) is 62.2 Å². The van der Waals surface area contributed by atoms with E-state index in [2.05, 4.69) is 73.9 Å². The number of aromatic nitrogens is 2. The van der Waals surface area contributed by atoms with E-state index in [1.807, 2.05) is 18.5 Å². The monoisotopic (exact) mass is 409 g/mol. The molecule has 2 aliphatic rings. The van der Waals surface area contributed by atoms with Gasteiger partial charge in [-0.05, 0) is 42.2 Å². The molecule has 1 atom stereocenters. The highest BCUT2D eigenvalue weighted by Crippen LogP contribution is 2.36. The van der Waals surface area contributed by atoms with Crippen molar-refractivity contribution in [3.8, 4) is 11.1 Å². The number of hydrogen-bond donors (Lipinski definition) is 2. The summed E-state index contributed by atoms with van der Waals surface area (Å²) in [5, 5.41) is 7.02. The van der Waals surface area contributed by atoms with Crippen LogP contribution in [0.5, 0.6) is 0 Å². The fraction of sp³-hybridized carbons (Fsp3) is 0.269. The Balaban J connectivity index is 1.52. The van der Waals surface area contributed by atoms with E-state index in [0.717, 1.165) is 47.0 Å². The molecule has 4 heterocycles.